The van der Waals surface area contributed by atoms with Crippen LogP contribution in [-0.2, 0) is 11.2 Å². The van der Waals surface area contributed by atoms with E-state index in [1.807, 2.05) is 6.07 Å². The molecular weight excluding hydrogens is 328 g/mol. The molecule has 0 radical (unpaired) electrons. The SMILES string of the molecule is C[C@]12CC[C@@H]3c4ccc(O[Si](C)(C)C)c(O)c4CC[C@H]3[C@@H]1CCC2=O. The smallest absolute Gasteiger partial charge is 0.242 e. The van der Waals surface area contributed by atoms with Crippen LogP contribution in [0.1, 0.15) is 56.1 Å². The number of phenolic OH excluding ortho intramolecular Hbond substituents is 1. The van der Waals surface area contributed by atoms with E-state index in [0.717, 1.165) is 44.1 Å². The molecule has 136 valence electrons. The van der Waals surface area contributed by atoms with Crippen LogP contribution in [0.2, 0.25) is 19.6 Å². The van der Waals surface area contributed by atoms with Crippen LogP contribution in [0.25, 0.3) is 0 Å². The summed E-state index contributed by atoms with van der Waals surface area (Å²) in [5.41, 5.74) is 2.34. The highest BCUT2D eigenvalue weighted by Gasteiger charge is 2.54. The van der Waals surface area contributed by atoms with Crippen molar-refractivity contribution in [2.24, 2.45) is 17.3 Å². The van der Waals surface area contributed by atoms with Crippen LogP contribution in [0.4, 0.5) is 0 Å². The minimum Gasteiger partial charge on any atom is -0.542 e. The fourth-order valence-corrected chi connectivity index (χ4v) is 6.64. The van der Waals surface area contributed by atoms with E-state index >= 15 is 0 Å². The molecule has 0 aliphatic heterocycles. The second-order valence-corrected chi connectivity index (χ2v) is 14.0. The van der Waals surface area contributed by atoms with Gasteiger partial charge in [-0.3, -0.25) is 4.79 Å². The zero-order valence-electron chi connectivity index (χ0n) is 15.9. The number of carbonyl (C=O) groups excluding carboxylic acids is 1. The third-order valence-corrected chi connectivity index (χ3v) is 7.80. The zero-order chi connectivity index (χ0) is 18.0. The van der Waals surface area contributed by atoms with E-state index in [1.165, 1.54) is 5.56 Å². The van der Waals surface area contributed by atoms with Crippen LogP contribution in [-0.4, -0.2) is 19.2 Å². The number of aromatic hydroxyl groups is 1. The van der Waals surface area contributed by atoms with Gasteiger partial charge in [-0.25, -0.2) is 0 Å². The fourth-order valence-electron chi connectivity index (χ4n) is 5.81. The summed E-state index contributed by atoms with van der Waals surface area (Å²) < 4.78 is 6.08. The maximum Gasteiger partial charge on any atom is 0.242 e. The van der Waals surface area contributed by atoms with E-state index in [1.54, 1.807) is 0 Å². The van der Waals surface area contributed by atoms with Gasteiger partial charge in [0, 0.05) is 17.4 Å². The Morgan fingerprint density at radius 2 is 1.92 bits per heavy atom. The van der Waals surface area contributed by atoms with E-state index in [0.29, 0.717) is 35.0 Å². The van der Waals surface area contributed by atoms with E-state index in [-0.39, 0.29) is 5.41 Å². The monoisotopic (exact) mass is 358 g/mol. The molecule has 0 spiro atoms. The Labute approximate surface area is 151 Å². The topological polar surface area (TPSA) is 46.5 Å². The number of rotatable bonds is 2. The predicted molar refractivity (Wildman–Crippen MR) is 102 cm³/mol. The Morgan fingerprint density at radius 3 is 2.64 bits per heavy atom. The summed E-state index contributed by atoms with van der Waals surface area (Å²) in [6, 6.07) is 4.17. The zero-order valence-corrected chi connectivity index (χ0v) is 16.9. The van der Waals surface area contributed by atoms with Gasteiger partial charge >= 0.3 is 0 Å². The largest absolute Gasteiger partial charge is 0.542 e. The highest BCUT2D eigenvalue weighted by atomic mass is 28.4. The molecule has 2 fully saturated rings. The highest BCUT2D eigenvalue weighted by molar-refractivity contribution is 6.70. The van der Waals surface area contributed by atoms with Gasteiger partial charge in [-0.05, 0) is 81.1 Å². The number of fused-ring (bicyclic) bond motifs is 5. The fraction of sp³-hybridized carbons (Fsp3) is 0.667. The molecule has 1 aromatic rings. The summed E-state index contributed by atoms with van der Waals surface area (Å²) in [7, 11) is -1.74. The third-order valence-electron chi connectivity index (χ3n) is 6.97. The maximum absolute atomic E-state index is 12.4. The molecule has 2 saturated carbocycles. The molecule has 3 aliphatic carbocycles. The Balaban J connectivity index is 1.68. The molecule has 1 aromatic carbocycles. The first kappa shape index (κ1) is 17.1. The summed E-state index contributed by atoms with van der Waals surface area (Å²) in [6.45, 7) is 8.63. The second-order valence-electron chi connectivity index (χ2n) is 9.53. The van der Waals surface area contributed by atoms with Crippen LogP contribution >= 0.6 is 0 Å². The molecule has 0 unspecified atom stereocenters. The van der Waals surface area contributed by atoms with Gasteiger partial charge in [-0.2, -0.15) is 0 Å². The lowest BCUT2D eigenvalue weighted by Gasteiger charge is -2.48. The van der Waals surface area contributed by atoms with Crippen molar-refractivity contribution in [3.63, 3.8) is 0 Å². The van der Waals surface area contributed by atoms with Crippen molar-refractivity contribution in [3.05, 3.63) is 23.3 Å². The van der Waals surface area contributed by atoms with E-state index in [4.69, 9.17) is 4.43 Å². The van der Waals surface area contributed by atoms with Crippen LogP contribution in [0.3, 0.4) is 0 Å². The van der Waals surface area contributed by atoms with Crippen molar-refractivity contribution in [2.75, 3.05) is 0 Å². The van der Waals surface area contributed by atoms with E-state index in [2.05, 4.69) is 32.6 Å². The molecule has 3 nitrogen and oxygen atoms in total. The van der Waals surface area contributed by atoms with Crippen molar-refractivity contribution in [1.82, 2.24) is 0 Å². The predicted octanol–water partition coefficient (Wildman–Crippen LogP) is 5.03. The van der Waals surface area contributed by atoms with Crippen molar-refractivity contribution in [3.8, 4) is 11.5 Å². The Kier molecular flexibility index (Phi) is 3.84. The number of hydrogen-bond donors (Lipinski definition) is 1. The average molecular weight is 359 g/mol. The normalized spacial score (nSPS) is 34.2. The van der Waals surface area contributed by atoms with E-state index < -0.39 is 8.32 Å². The van der Waals surface area contributed by atoms with Gasteiger partial charge in [0.2, 0.25) is 8.32 Å². The molecule has 0 saturated heterocycles. The minimum atomic E-state index is -1.74. The number of hydrogen-bond acceptors (Lipinski definition) is 3. The Bertz CT molecular complexity index is 721. The average Bonchev–Trinajstić information content (AvgIpc) is 2.84. The van der Waals surface area contributed by atoms with Gasteiger partial charge in [0.25, 0.3) is 0 Å². The molecule has 4 rings (SSSR count). The number of benzene rings is 1. The summed E-state index contributed by atoms with van der Waals surface area (Å²) in [5.74, 6) is 3.15. The lowest BCUT2D eigenvalue weighted by Crippen LogP contribution is -2.42. The van der Waals surface area contributed by atoms with Gasteiger partial charge in [-0.15, -0.1) is 0 Å². The maximum atomic E-state index is 12.4. The van der Waals surface area contributed by atoms with Crippen LogP contribution in [0, 0.1) is 17.3 Å². The molecule has 0 bridgehead atoms. The van der Waals surface area contributed by atoms with Crippen LogP contribution < -0.4 is 4.43 Å². The third kappa shape index (κ3) is 2.64. The Hall–Kier alpha value is -1.29. The van der Waals surface area contributed by atoms with Crippen LogP contribution in [0.5, 0.6) is 11.5 Å². The van der Waals surface area contributed by atoms with Crippen LogP contribution in [0.15, 0.2) is 12.1 Å². The molecule has 4 atom stereocenters. The quantitative estimate of drug-likeness (QED) is 0.754. The molecule has 25 heavy (non-hydrogen) atoms. The number of ketones is 1. The first-order valence-corrected chi connectivity index (χ1v) is 13.2. The molecule has 3 aliphatic rings. The molecule has 0 aromatic heterocycles. The van der Waals surface area contributed by atoms with E-state index in [9.17, 15) is 9.90 Å². The number of Topliss-reactive ketones (excluding diaryl/α,β-unsaturated/α-hetero) is 1. The summed E-state index contributed by atoms with van der Waals surface area (Å²) in [5, 5.41) is 10.8. The summed E-state index contributed by atoms with van der Waals surface area (Å²) >= 11 is 0. The second kappa shape index (κ2) is 5.60. The van der Waals surface area contributed by atoms with Crippen molar-refractivity contribution < 1.29 is 14.3 Å². The van der Waals surface area contributed by atoms with Gasteiger partial charge in [-0.1, -0.05) is 13.0 Å². The number of phenols is 1. The molecule has 0 heterocycles. The lowest BCUT2D eigenvalue weighted by molar-refractivity contribution is -0.129. The standard InChI is InChI=1S/C21H30O3Si/c1-21-12-11-14-13-7-9-18(24-25(2,3)4)20(23)16(13)6-5-15(14)17(21)8-10-19(21)22/h7,9,14-15,17,23H,5-6,8,10-12H2,1-4H3/t14-,15-,17+,21+/m1/s1. The molecule has 4 heteroatoms. The molecule has 0 amide bonds. The lowest BCUT2D eigenvalue weighted by atomic mass is 9.55. The van der Waals surface area contributed by atoms with Gasteiger partial charge in [0.05, 0.1) is 0 Å². The Morgan fingerprint density at radius 1 is 1.16 bits per heavy atom. The first-order chi connectivity index (χ1) is 11.7. The summed E-state index contributed by atoms with van der Waals surface area (Å²) in [4.78, 5) is 12.4. The molecular formula is C21H30O3Si. The van der Waals surface area contributed by atoms with Crippen molar-refractivity contribution >= 4 is 14.1 Å². The van der Waals surface area contributed by atoms with Crippen molar-refractivity contribution in [2.45, 2.75) is 71.0 Å². The minimum absolute atomic E-state index is 0.0817. The summed E-state index contributed by atoms with van der Waals surface area (Å²) in [6.07, 6.45) is 5.91. The highest BCUT2D eigenvalue weighted by Crippen LogP contribution is 2.60. The van der Waals surface area contributed by atoms with Gasteiger partial charge < -0.3 is 9.53 Å². The van der Waals surface area contributed by atoms with Gasteiger partial charge in [0.15, 0.2) is 5.75 Å². The number of carbonyl (C=O) groups is 1. The first-order valence-electron chi connectivity index (χ1n) is 9.78. The van der Waals surface area contributed by atoms with Gasteiger partial charge in [0.1, 0.15) is 11.5 Å². The molecule has 1 N–H and O–H groups in total. The van der Waals surface area contributed by atoms with Crippen molar-refractivity contribution in [1.29, 1.82) is 0 Å².